The second kappa shape index (κ2) is 9.36. The third kappa shape index (κ3) is 5.32. The van der Waals surface area contributed by atoms with Crippen LogP contribution in [0.15, 0.2) is 78.9 Å². The quantitative estimate of drug-likeness (QED) is 0.424. The van der Waals surface area contributed by atoms with Crippen molar-refractivity contribution in [3.8, 4) is 11.5 Å². The first-order valence-corrected chi connectivity index (χ1v) is 8.92. The van der Waals surface area contributed by atoms with Crippen LogP contribution in [0, 0.1) is 10.1 Å². The number of hydrogen-bond donors (Lipinski definition) is 0. The highest BCUT2D eigenvalue weighted by Crippen LogP contribution is 2.22. The Morgan fingerprint density at radius 2 is 1.55 bits per heavy atom. The summed E-state index contributed by atoms with van der Waals surface area (Å²) in [5.41, 5.74) is 1.66. The number of nitrogens with zero attached hydrogens (tertiary/aromatic N) is 2. The molecule has 0 fully saturated rings. The Hall–Kier alpha value is -3.87. The zero-order chi connectivity index (χ0) is 20.6. The maximum Gasteiger partial charge on any atom is 0.269 e. The van der Waals surface area contributed by atoms with Crippen LogP contribution >= 0.6 is 0 Å². The van der Waals surface area contributed by atoms with Crippen LogP contribution in [0.5, 0.6) is 11.5 Å². The molecule has 7 heteroatoms. The normalized spacial score (nSPS) is 10.2. The third-order valence-corrected chi connectivity index (χ3v) is 4.28. The van der Waals surface area contributed by atoms with Gasteiger partial charge in [-0.3, -0.25) is 14.9 Å². The second-order valence-electron chi connectivity index (χ2n) is 6.20. The topological polar surface area (TPSA) is 81.9 Å². The lowest BCUT2D eigenvalue weighted by Crippen LogP contribution is -2.34. The minimum Gasteiger partial charge on any atom is -0.497 e. The van der Waals surface area contributed by atoms with Crippen LogP contribution in [0.3, 0.4) is 0 Å². The smallest absolute Gasteiger partial charge is 0.269 e. The number of non-ortho nitro benzene ring substituents is 1. The van der Waals surface area contributed by atoms with Crippen LogP contribution in [-0.2, 0) is 11.3 Å². The van der Waals surface area contributed by atoms with Gasteiger partial charge in [0, 0.05) is 17.8 Å². The van der Waals surface area contributed by atoms with Gasteiger partial charge in [-0.1, -0.05) is 30.3 Å². The van der Waals surface area contributed by atoms with E-state index in [0.717, 1.165) is 5.56 Å². The largest absolute Gasteiger partial charge is 0.497 e. The average Bonchev–Trinajstić information content (AvgIpc) is 2.77. The molecule has 0 saturated carbocycles. The molecule has 0 radical (unpaired) electrons. The van der Waals surface area contributed by atoms with Gasteiger partial charge in [0.1, 0.15) is 11.5 Å². The van der Waals surface area contributed by atoms with Crippen LogP contribution in [0.4, 0.5) is 11.4 Å². The predicted molar refractivity (Wildman–Crippen MR) is 109 cm³/mol. The Labute approximate surface area is 168 Å². The molecule has 3 aromatic carbocycles. The summed E-state index contributed by atoms with van der Waals surface area (Å²) in [6.07, 6.45) is 0. The van der Waals surface area contributed by atoms with Gasteiger partial charge in [0.15, 0.2) is 6.61 Å². The molecule has 29 heavy (non-hydrogen) atoms. The van der Waals surface area contributed by atoms with Crippen molar-refractivity contribution in [3.05, 3.63) is 94.5 Å². The zero-order valence-corrected chi connectivity index (χ0v) is 15.9. The molecule has 0 heterocycles. The molecule has 0 unspecified atom stereocenters. The summed E-state index contributed by atoms with van der Waals surface area (Å²) in [5, 5.41) is 10.7. The van der Waals surface area contributed by atoms with Gasteiger partial charge in [-0.05, 0) is 42.0 Å². The maximum absolute atomic E-state index is 12.9. The molecule has 1 amide bonds. The number of carbonyl (C=O) groups excluding carboxylic acids is 1. The van der Waals surface area contributed by atoms with E-state index in [9.17, 15) is 14.9 Å². The number of anilines is 1. The van der Waals surface area contributed by atoms with Crippen molar-refractivity contribution in [1.29, 1.82) is 0 Å². The summed E-state index contributed by atoms with van der Waals surface area (Å²) < 4.78 is 10.7. The number of nitro benzene ring substituents is 1. The fourth-order valence-electron chi connectivity index (χ4n) is 2.74. The molecule has 7 nitrogen and oxygen atoms in total. The lowest BCUT2D eigenvalue weighted by Gasteiger charge is -2.23. The highest BCUT2D eigenvalue weighted by atomic mass is 16.6. The predicted octanol–water partition coefficient (Wildman–Crippen LogP) is 4.22. The Morgan fingerprint density at radius 3 is 2.14 bits per heavy atom. The molecule has 3 aromatic rings. The molecule has 3 rings (SSSR count). The molecule has 0 aliphatic heterocycles. The molecule has 0 N–H and O–H groups in total. The number of amides is 1. The van der Waals surface area contributed by atoms with Crippen molar-refractivity contribution in [2.24, 2.45) is 0 Å². The van der Waals surface area contributed by atoms with Crippen molar-refractivity contribution in [3.63, 3.8) is 0 Å². The third-order valence-electron chi connectivity index (χ3n) is 4.28. The van der Waals surface area contributed by atoms with E-state index in [1.807, 2.05) is 42.5 Å². The van der Waals surface area contributed by atoms with Gasteiger partial charge in [-0.25, -0.2) is 0 Å². The lowest BCUT2D eigenvalue weighted by molar-refractivity contribution is -0.384. The molecule has 0 aliphatic carbocycles. The fraction of sp³-hybridized carbons (Fsp3) is 0.136. The first kappa shape index (κ1) is 19.9. The second-order valence-corrected chi connectivity index (χ2v) is 6.20. The molecule has 0 atom stereocenters. The van der Waals surface area contributed by atoms with Crippen molar-refractivity contribution < 1.29 is 19.2 Å². The van der Waals surface area contributed by atoms with E-state index < -0.39 is 4.92 Å². The van der Waals surface area contributed by atoms with Gasteiger partial charge in [0.05, 0.1) is 18.6 Å². The molecular formula is C22H20N2O5. The number of rotatable bonds is 8. The Morgan fingerprint density at radius 1 is 0.931 bits per heavy atom. The highest BCUT2D eigenvalue weighted by Gasteiger charge is 2.17. The Balaban J connectivity index is 1.74. The summed E-state index contributed by atoms with van der Waals surface area (Å²) in [6, 6.07) is 22.5. The van der Waals surface area contributed by atoms with E-state index >= 15 is 0 Å². The van der Waals surface area contributed by atoms with Gasteiger partial charge < -0.3 is 14.4 Å². The molecular weight excluding hydrogens is 372 g/mol. The van der Waals surface area contributed by atoms with Gasteiger partial charge in [-0.15, -0.1) is 0 Å². The van der Waals surface area contributed by atoms with E-state index in [0.29, 0.717) is 23.7 Å². The minimum absolute atomic E-state index is 0.0346. The molecule has 0 bridgehead atoms. The van der Waals surface area contributed by atoms with Crippen molar-refractivity contribution >= 4 is 17.3 Å². The van der Waals surface area contributed by atoms with E-state index in [1.54, 1.807) is 24.1 Å². The summed E-state index contributed by atoms with van der Waals surface area (Å²) in [7, 11) is 1.58. The van der Waals surface area contributed by atoms with E-state index in [1.165, 1.54) is 24.3 Å². The summed E-state index contributed by atoms with van der Waals surface area (Å²) in [5.74, 6) is 0.846. The van der Waals surface area contributed by atoms with E-state index in [4.69, 9.17) is 9.47 Å². The van der Waals surface area contributed by atoms with Crippen molar-refractivity contribution in [1.82, 2.24) is 0 Å². The molecule has 0 aromatic heterocycles. The van der Waals surface area contributed by atoms with Crippen LogP contribution in [0.2, 0.25) is 0 Å². The number of carbonyl (C=O) groups is 1. The van der Waals surface area contributed by atoms with Crippen LogP contribution in [0.25, 0.3) is 0 Å². The van der Waals surface area contributed by atoms with Crippen molar-refractivity contribution in [2.45, 2.75) is 6.54 Å². The zero-order valence-electron chi connectivity index (χ0n) is 15.9. The van der Waals surface area contributed by atoms with Gasteiger partial charge in [0.25, 0.3) is 11.6 Å². The van der Waals surface area contributed by atoms with Crippen LogP contribution in [-0.4, -0.2) is 24.5 Å². The monoisotopic (exact) mass is 392 g/mol. The summed E-state index contributed by atoms with van der Waals surface area (Å²) in [6.45, 7) is 0.187. The molecule has 0 spiro atoms. The maximum atomic E-state index is 12.9. The highest BCUT2D eigenvalue weighted by molar-refractivity contribution is 5.94. The van der Waals surface area contributed by atoms with E-state index in [-0.39, 0.29) is 18.2 Å². The summed E-state index contributed by atoms with van der Waals surface area (Å²) >= 11 is 0. The molecule has 0 aliphatic rings. The molecule has 148 valence electrons. The molecule has 0 saturated heterocycles. The SMILES string of the molecule is COc1ccc(N(Cc2ccccc2)C(=O)COc2ccc([N+](=O)[O-])cc2)cc1. The number of methoxy groups -OCH3 is 1. The van der Waals surface area contributed by atoms with Gasteiger partial charge in [0.2, 0.25) is 0 Å². The minimum atomic E-state index is -0.486. The van der Waals surface area contributed by atoms with E-state index in [2.05, 4.69) is 0 Å². The summed E-state index contributed by atoms with van der Waals surface area (Å²) in [4.78, 5) is 24.8. The first-order valence-electron chi connectivity index (χ1n) is 8.92. The lowest BCUT2D eigenvalue weighted by atomic mass is 10.2. The first-order chi connectivity index (χ1) is 14.1. The van der Waals surface area contributed by atoms with Crippen molar-refractivity contribution in [2.75, 3.05) is 18.6 Å². The van der Waals surface area contributed by atoms with Crippen LogP contribution in [0.1, 0.15) is 5.56 Å². The Kier molecular flexibility index (Phi) is 6.42. The standard InChI is InChI=1S/C22H20N2O5/c1-28-20-11-7-18(8-12-20)23(15-17-5-3-2-4-6-17)22(25)16-29-21-13-9-19(10-14-21)24(26)27/h2-14H,15-16H2,1H3. The van der Waals surface area contributed by atoms with Crippen LogP contribution < -0.4 is 14.4 Å². The average molecular weight is 392 g/mol. The van der Waals surface area contributed by atoms with Gasteiger partial charge >= 0.3 is 0 Å². The number of ether oxygens (including phenoxy) is 2. The number of nitro groups is 1. The number of benzene rings is 3. The number of hydrogen-bond acceptors (Lipinski definition) is 5. The van der Waals surface area contributed by atoms with Gasteiger partial charge in [-0.2, -0.15) is 0 Å². The Bertz CT molecular complexity index is 957. The fourth-order valence-corrected chi connectivity index (χ4v) is 2.74.